The van der Waals surface area contributed by atoms with E-state index in [4.69, 9.17) is 5.53 Å². The number of rotatable bonds is 3. The Balaban J connectivity index is 2.94. The van der Waals surface area contributed by atoms with Crippen molar-refractivity contribution in [3.8, 4) is 0 Å². The Kier molecular flexibility index (Phi) is 3.39. The van der Waals surface area contributed by atoms with E-state index in [-0.39, 0.29) is 6.54 Å². The van der Waals surface area contributed by atoms with E-state index in [1.165, 1.54) is 6.26 Å². The fourth-order valence-electron chi connectivity index (χ4n) is 2.00. The van der Waals surface area contributed by atoms with Crippen LogP contribution >= 0.6 is 0 Å². The number of hydrogen-bond donors (Lipinski definition) is 0. The first-order chi connectivity index (χ1) is 6.52. The lowest BCUT2D eigenvalue weighted by Crippen LogP contribution is -2.42. The Bertz CT molecular complexity index is 338. The van der Waals surface area contributed by atoms with Crippen LogP contribution in [0.4, 0.5) is 0 Å². The summed E-state index contributed by atoms with van der Waals surface area (Å²) in [5.74, 6) is 0. The molecule has 0 aromatic rings. The van der Waals surface area contributed by atoms with E-state index in [0.29, 0.717) is 12.8 Å². The summed E-state index contributed by atoms with van der Waals surface area (Å²) < 4.78 is 22.5. The zero-order valence-corrected chi connectivity index (χ0v) is 9.13. The normalized spacial score (nSPS) is 21.2. The monoisotopic (exact) mass is 217 g/mol. The molecule has 1 saturated carbocycles. The van der Waals surface area contributed by atoms with Crippen molar-refractivity contribution in [1.82, 2.24) is 0 Å². The minimum Gasteiger partial charge on any atom is -0.229 e. The molecule has 80 valence electrons. The van der Waals surface area contributed by atoms with Gasteiger partial charge in [0, 0.05) is 17.7 Å². The Labute approximate surface area is 84.0 Å². The highest BCUT2D eigenvalue weighted by Crippen LogP contribution is 2.35. The third kappa shape index (κ3) is 2.19. The van der Waals surface area contributed by atoms with Crippen LogP contribution in [0.5, 0.6) is 0 Å². The Morgan fingerprint density at radius 1 is 1.36 bits per heavy atom. The van der Waals surface area contributed by atoms with Gasteiger partial charge in [0.2, 0.25) is 0 Å². The van der Waals surface area contributed by atoms with Gasteiger partial charge in [-0.15, -0.1) is 0 Å². The molecule has 1 rings (SSSR count). The summed E-state index contributed by atoms with van der Waals surface area (Å²) in [5.41, 5.74) is 8.24. The maximum absolute atomic E-state index is 11.6. The van der Waals surface area contributed by atoms with E-state index in [0.717, 1.165) is 19.3 Å². The van der Waals surface area contributed by atoms with Crippen molar-refractivity contribution in [2.45, 2.75) is 36.9 Å². The first-order valence-electron chi connectivity index (χ1n) is 4.72. The Morgan fingerprint density at radius 3 is 2.36 bits per heavy atom. The van der Waals surface area contributed by atoms with E-state index in [9.17, 15) is 8.42 Å². The molecule has 0 N–H and O–H groups in total. The molecule has 0 unspecified atom stereocenters. The van der Waals surface area contributed by atoms with Crippen LogP contribution in [0, 0.1) is 0 Å². The molecular weight excluding hydrogens is 202 g/mol. The third-order valence-corrected chi connectivity index (χ3v) is 5.08. The Hall–Kier alpha value is -0.740. The molecule has 0 heterocycles. The number of sulfone groups is 1. The maximum atomic E-state index is 11.6. The first-order valence-corrected chi connectivity index (χ1v) is 6.61. The smallest absolute Gasteiger partial charge is 0.153 e. The second-order valence-corrected chi connectivity index (χ2v) is 6.32. The number of azide groups is 1. The second-order valence-electron chi connectivity index (χ2n) is 3.90. The van der Waals surface area contributed by atoms with Gasteiger partial charge in [-0.3, -0.25) is 0 Å². The van der Waals surface area contributed by atoms with Crippen LogP contribution in [0.3, 0.4) is 0 Å². The van der Waals surface area contributed by atoms with Gasteiger partial charge in [-0.2, -0.15) is 0 Å². The second kappa shape index (κ2) is 4.19. The molecule has 0 saturated heterocycles. The van der Waals surface area contributed by atoms with Crippen LogP contribution in [-0.4, -0.2) is 26.0 Å². The largest absolute Gasteiger partial charge is 0.229 e. The lowest BCUT2D eigenvalue weighted by Gasteiger charge is -2.33. The Morgan fingerprint density at radius 2 is 1.93 bits per heavy atom. The van der Waals surface area contributed by atoms with Gasteiger partial charge in [0.15, 0.2) is 9.84 Å². The molecule has 14 heavy (non-hydrogen) atoms. The molecule has 0 amide bonds. The highest BCUT2D eigenvalue weighted by Gasteiger charge is 2.40. The summed E-state index contributed by atoms with van der Waals surface area (Å²) in [6, 6.07) is 0. The zero-order valence-electron chi connectivity index (χ0n) is 8.31. The third-order valence-electron chi connectivity index (χ3n) is 2.97. The predicted molar refractivity (Wildman–Crippen MR) is 54.7 cm³/mol. The van der Waals surface area contributed by atoms with Crippen molar-refractivity contribution < 1.29 is 8.42 Å². The van der Waals surface area contributed by atoms with Gasteiger partial charge in [-0.1, -0.05) is 24.4 Å². The molecular formula is C8H15N3O2S. The van der Waals surface area contributed by atoms with Crippen molar-refractivity contribution in [2.24, 2.45) is 5.11 Å². The molecule has 0 aliphatic heterocycles. The molecule has 0 radical (unpaired) electrons. The number of hydrogen-bond acceptors (Lipinski definition) is 3. The lowest BCUT2D eigenvalue weighted by molar-refractivity contribution is 0.380. The number of nitrogens with zero attached hydrogens (tertiary/aromatic N) is 3. The summed E-state index contributed by atoms with van der Waals surface area (Å²) in [6.07, 6.45) is 5.40. The molecule has 5 nitrogen and oxygen atoms in total. The van der Waals surface area contributed by atoms with Crippen LogP contribution in [0.25, 0.3) is 10.4 Å². The maximum Gasteiger partial charge on any atom is 0.153 e. The van der Waals surface area contributed by atoms with Crippen LogP contribution in [0.1, 0.15) is 32.1 Å². The standard InChI is InChI=1S/C8H15N3O2S/c1-14(12,13)8(7-10-11-9)5-3-2-4-6-8/h2-7H2,1H3. The minimum atomic E-state index is -3.12. The molecule has 0 aromatic heterocycles. The average Bonchev–Trinajstić information content (AvgIpc) is 2.14. The van der Waals surface area contributed by atoms with Gasteiger partial charge in [-0.25, -0.2) is 8.42 Å². The average molecular weight is 217 g/mol. The molecule has 1 aliphatic carbocycles. The van der Waals surface area contributed by atoms with E-state index >= 15 is 0 Å². The van der Waals surface area contributed by atoms with Crippen LogP contribution < -0.4 is 0 Å². The zero-order chi connectivity index (χ0) is 10.7. The van der Waals surface area contributed by atoms with E-state index in [1.807, 2.05) is 0 Å². The topological polar surface area (TPSA) is 82.9 Å². The minimum absolute atomic E-state index is 0.0856. The van der Waals surface area contributed by atoms with E-state index in [1.54, 1.807) is 0 Å². The molecule has 1 aliphatic rings. The van der Waals surface area contributed by atoms with Gasteiger partial charge in [0.05, 0.1) is 4.75 Å². The van der Waals surface area contributed by atoms with Gasteiger partial charge >= 0.3 is 0 Å². The van der Waals surface area contributed by atoms with Gasteiger partial charge in [0.1, 0.15) is 0 Å². The molecule has 6 heteroatoms. The SMILES string of the molecule is CS(=O)(=O)C1(CN=[N+]=[N-])CCCCC1. The van der Waals surface area contributed by atoms with E-state index < -0.39 is 14.6 Å². The van der Waals surface area contributed by atoms with Gasteiger partial charge < -0.3 is 0 Å². The fraction of sp³-hybridized carbons (Fsp3) is 1.00. The van der Waals surface area contributed by atoms with Crippen LogP contribution in [0.2, 0.25) is 0 Å². The molecule has 0 bridgehead atoms. The molecule has 0 aromatic carbocycles. The highest BCUT2D eigenvalue weighted by atomic mass is 32.2. The van der Waals surface area contributed by atoms with Crippen molar-refractivity contribution in [3.05, 3.63) is 10.4 Å². The predicted octanol–water partition coefficient (Wildman–Crippen LogP) is 2.04. The summed E-state index contributed by atoms with van der Waals surface area (Å²) in [7, 11) is -3.12. The quantitative estimate of drug-likeness (QED) is 0.411. The van der Waals surface area contributed by atoms with Crippen molar-refractivity contribution >= 4 is 9.84 Å². The van der Waals surface area contributed by atoms with Gasteiger partial charge in [-0.05, 0) is 18.4 Å². The molecule has 1 fully saturated rings. The van der Waals surface area contributed by atoms with Crippen LogP contribution in [-0.2, 0) is 9.84 Å². The summed E-state index contributed by atoms with van der Waals surface area (Å²) >= 11 is 0. The van der Waals surface area contributed by atoms with Crippen LogP contribution in [0.15, 0.2) is 5.11 Å². The summed E-state index contributed by atoms with van der Waals surface area (Å²) in [4.78, 5) is 2.65. The van der Waals surface area contributed by atoms with Crippen molar-refractivity contribution in [2.75, 3.05) is 12.8 Å². The molecule has 0 spiro atoms. The van der Waals surface area contributed by atoms with E-state index in [2.05, 4.69) is 10.0 Å². The first kappa shape index (κ1) is 11.3. The highest BCUT2D eigenvalue weighted by molar-refractivity contribution is 7.92. The van der Waals surface area contributed by atoms with Gasteiger partial charge in [0.25, 0.3) is 0 Å². The fourth-order valence-corrected chi connectivity index (χ4v) is 3.33. The molecule has 0 atom stereocenters. The van der Waals surface area contributed by atoms with Crippen molar-refractivity contribution in [3.63, 3.8) is 0 Å². The lowest BCUT2D eigenvalue weighted by atomic mass is 9.88. The summed E-state index contributed by atoms with van der Waals surface area (Å²) in [6.45, 7) is 0.0856. The van der Waals surface area contributed by atoms with Crippen molar-refractivity contribution in [1.29, 1.82) is 0 Å². The summed E-state index contributed by atoms with van der Waals surface area (Å²) in [5, 5.41) is 3.44.